The number of nitrogens with zero attached hydrogens (tertiary/aromatic N) is 3. The Morgan fingerprint density at radius 2 is 1.95 bits per heavy atom. The summed E-state index contributed by atoms with van der Waals surface area (Å²) in [4.78, 5) is 4.26. The highest BCUT2D eigenvalue weighted by atomic mass is 32.2. The van der Waals surface area contributed by atoms with Crippen molar-refractivity contribution < 1.29 is 8.42 Å². The van der Waals surface area contributed by atoms with Crippen LogP contribution in [-0.2, 0) is 17.1 Å². The zero-order chi connectivity index (χ0) is 14.2. The highest BCUT2D eigenvalue weighted by Crippen LogP contribution is 2.21. The molecule has 2 heterocycles. The smallest absolute Gasteiger partial charge is 0.265 e. The molecule has 0 saturated heterocycles. The van der Waals surface area contributed by atoms with E-state index in [9.17, 15) is 8.42 Å². The molecule has 0 spiro atoms. The van der Waals surface area contributed by atoms with Gasteiger partial charge in [-0.25, -0.2) is 8.42 Å². The Morgan fingerprint density at radius 3 is 2.47 bits per heavy atom. The molecule has 19 heavy (non-hydrogen) atoms. The van der Waals surface area contributed by atoms with Crippen LogP contribution in [-0.4, -0.2) is 23.2 Å². The number of sulfonamides is 1. The molecule has 2 aromatic rings. The van der Waals surface area contributed by atoms with Gasteiger partial charge in [-0.3, -0.25) is 14.4 Å². The topological polar surface area (TPSA) is 76.9 Å². The van der Waals surface area contributed by atoms with Crippen molar-refractivity contribution in [2.24, 2.45) is 7.05 Å². The Bertz CT molecular complexity index is 719. The SMILES string of the molecule is Cc1cc(NS(=O)(=O)c2c(C)nn(C)c2C)ccn1. The Morgan fingerprint density at radius 1 is 1.26 bits per heavy atom. The van der Waals surface area contributed by atoms with Gasteiger partial charge in [0.05, 0.1) is 17.1 Å². The number of pyridine rings is 1. The van der Waals surface area contributed by atoms with Crippen LogP contribution in [0.4, 0.5) is 5.69 Å². The van der Waals surface area contributed by atoms with Crippen molar-refractivity contribution in [2.45, 2.75) is 25.7 Å². The van der Waals surface area contributed by atoms with Gasteiger partial charge in [-0.15, -0.1) is 0 Å². The first kappa shape index (κ1) is 13.5. The molecule has 0 amide bonds. The van der Waals surface area contributed by atoms with E-state index in [4.69, 9.17) is 0 Å². The van der Waals surface area contributed by atoms with Crippen molar-refractivity contribution in [2.75, 3.05) is 4.72 Å². The van der Waals surface area contributed by atoms with Gasteiger partial charge in [0, 0.05) is 18.9 Å². The maximum atomic E-state index is 12.4. The largest absolute Gasteiger partial charge is 0.279 e. The molecule has 0 aliphatic rings. The van der Waals surface area contributed by atoms with Crippen molar-refractivity contribution in [1.82, 2.24) is 14.8 Å². The average molecular weight is 280 g/mol. The average Bonchev–Trinajstić information content (AvgIpc) is 2.52. The van der Waals surface area contributed by atoms with Crippen molar-refractivity contribution in [3.63, 3.8) is 0 Å². The molecular formula is C12H16N4O2S. The second-order valence-corrected chi connectivity index (χ2v) is 6.03. The standard InChI is InChI=1S/C12H16N4O2S/c1-8-7-11(5-6-13-8)15-19(17,18)12-9(2)14-16(4)10(12)3/h5-7H,1-4H3,(H,13,15). The maximum absolute atomic E-state index is 12.4. The van der Waals surface area contributed by atoms with Crippen LogP contribution in [0.15, 0.2) is 23.2 Å². The van der Waals surface area contributed by atoms with E-state index < -0.39 is 10.0 Å². The summed E-state index contributed by atoms with van der Waals surface area (Å²) in [5, 5.41) is 4.12. The molecule has 0 atom stereocenters. The fraction of sp³-hybridized carbons (Fsp3) is 0.333. The van der Waals surface area contributed by atoms with Crippen molar-refractivity contribution >= 4 is 15.7 Å². The molecule has 0 radical (unpaired) electrons. The molecule has 0 aliphatic carbocycles. The fourth-order valence-corrected chi connectivity index (χ4v) is 3.45. The Hall–Kier alpha value is -1.89. The quantitative estimate of drug-likeness (QED) is 0.925. The summed E-state index contributed by atoms with van der Waals surface area (Å²) in [6, 6.07) is 3.30. The van der Waals surface area contributed by atoms with Gasteiger partial charge < -0.3 is 0 Å². The van der Waals surface area contributed by atoms with Crippen LogP contribution in [0, 0.1) is 20.8 Å². The molecule has 2 aromatic heterocycles. The van der Waals surface area contributed by atoms with Crippen LogP contribution >= 0.6 is 0 Å². The number of nitrogens with one attached hydrogen (secondary N) is 1. The van der Waals surface area contributed by atoms with Crippen LogP contribution in [0.5, 0.6) is 0 Å². The third-order valence-electron chi connectivity index (χ3n) is 2.86. The van der Waals surface area contributed by atoms with Gasteiger partial charge in [-0.1, -0.05) is 0 Å². The third kappa shape index (κ3) is 2.60. The lowest BCUT2D eigenvalue weighted by Crippen LogP contribution is -2.15. The highest BCUT2D eigenvalue weighted by molar-refractivity contribution is 7.92. The predicted octanol–water partition coefficient (Wildman–Crippen LogP) is 1.54. The van der Waals surface area contributed by atoms with Crippen molar-refractivity contribution in [1.29, 1.82) is 0 Å². The molecule has 102 valence electrons. The molecule has 0 fully saturated rings. The predicted molar refractivity (Wildman–Crippen MR) is 72.5 cm³/mol. The summed E-state index contributed by atoms with van der Waals surface area (Å²) in [6.07, 6.45) is 1.57. The summed E-state index contributed by atoms with van der Waals surface area (Å²) in [5.41, 5.74) is 2.34. The Balaban J connectivity index is 2.44. The first-order valence-corrected chi connectivity index (χ1v) is 7.25. The van der Waals surface area contributed by atoms with Crippen LogP contribution in [0.3, 0.4) is 0 Å². The number of hydrogen-bond acceptors (Lipinski definition) is 4. The van der Waals surface area contributed by atoms with Gasteiger partial charge in [0.25, 0.3) is 10.0 Å². The van der Waals surface area contributed by atoms with E-state index in [-0.39, 0.29) is 4.90 Å². The summed E-state index contributed by atoms with van der Waals surface area (Å²) in [7, 11) is -1.91. The molecule has 2 rings (SSSR count). The number of rotatable bonds is 3. The van der Waals surface area contributed by atoms with E-state index in [0.717, 1.165) is 5.69 Å². The van der Waals surface area contributed by atoms with Crippen LogP contribution < -0.4 is 4.72 Å². The number of anilines is 1. The molecule has 7 heteroatoms. The van der Waals surface area contributed by atoms with Gasteiger partial charge in [0.15, 0.2) is 0 Å². The van der Waals surface area contributed by atoms with Gasteiger partial charge in [-0.2, -0.15) is 5.10 Å². The lowest BCUT2D eigenvalue weighted by atomic mass is 10.3. The van der Waals surface area contributed by atoms with Gasteiger partial charge >= 0.3 is 0 Å². The molecular weight excluding hydrogens is 264 g/mol. The maximum Gasteiger partial charge on any atom is 0.265 e. The summed E-state index contributed by atoms with van der Waals surface area (Å²) in [5.74, 6) is 0. The second kappa shape index (κ2) is 4.65. The molecule has 1 N–H and O–H groups in total. The zero-order valence-corrected chi connectivity index (χ0v) is 12.1. The minimum absolute atomic E-state index is 0.226. The van der Waals surface area contributed by atoms with Crippen molar-refractivity contribution in [3.8, 4) is 0 Å². The zero-order valence-electron chi connectivity index (χ0n) is 11.3. The van der Waals surface area contributed by atoms with E-state index in [2.05, 4.69) is 14.8 Å². The minimum Gasteiger partial charge on any atom is -0.279 e. The van der Waals surface area contributed by atoms with E-state index in [0.29, 0.717) is 17.1 Å². The lowest BCUT2D eigenvalue weighted by molar-refractivity contribution is 0.599. The van der Waals surface area contributed by atoms with E-state index in [1.54, 1.807) is 50.8 Å². The number of aromatic nitrogens is 3. The number of aryl methyl sites for hydroxylation is 3. The van der Waals surface area contributed by atoms with Gasteiger partial charge in [0.1, 0.15) is 4.90 Å². The second-order valence-electron chi connectivity index (χ2n) is 4.41. The minimum atomic E-state index is -3.63. The molecule has 0 aliphatic heterocycles. The highest BCUT2D eigenvalue weighted by Gasteiger charge is 2.23. The summed E-state index contributed by atoms with van der Waals surface area (Å²) >= 11 is 0. The van der Waals surface area contributed by atoms with Crippen LogP contribution in [0.25, 0.3) is 0 Å². The molecule has 0 unspecified atom stereocenters. The third-order valence-corrected chi connectivity index (χ3v) is 4.49. The van der Waals surface area contributed by atoms with Crippen LogP contribution in [0.1, 0.15) is 17.1 Å². The molecule has 6 nitrogen and oxygen atoms in total. The van der Waals surface area contributed by atoms with E-state index in [1.807, 2.05) is 0 Å². The summed E-state index contributed by atoms with van der Waals surface area (Å²) in [6.45, 7) is 5.21. The normalized spacial score (nSPS) is 11.6. The van der Waals surface area contributed by atoms with E-state index >= 15 is 0 Å². The molecule has 0 saturated carbocycles. The van der Waals surface area contributed by atoms with E-state index in [1.165, 1.54) is 0 Å². The van der Waals surface area contributed by atoms with Gasteiger partial charge in [-0.05, 0) is 32.9 Å². The lowest BCUT2D eigenvalue weighted by Gasteiger charge is -2.08. The molecule has 0 aromatic carbocycles. The number of hydrogen-bond donors (Lipinski definition) is 1. The molecule has 0 bridgehead atoms. The Kier molecular flexibility index (Phi) is 3.32. The van der Waals surface area contributed by atoms with Crippen LogP contribution in [0.2, 0.25) is 0 Å². The first-order chi connectivity index (χ1) is 8.81. The Labute approximate surface area is 112 Å². The fourth-order valence-electron chi connectivity index (χ4n) is 1.96. The monoisotopic (exact) mass is 280 g/mol. The first-order valence-electron chi connectivity index (χ1n) is 5.77. The summed E-state index contributed by atoms with van der Waals surface area (Å²) < 4.78 is 28.9. The van der Waals surface area contributed by atoms with Crippen molar-refractivity contribution in [3.05, 3.63) is 35.4 Å². The van der Waals surface area contributed by atoms with Gasteiger partial charge in [0.2, 0.25) is 0 Å².